The van der Waals surface area contributed by atoms with E-state index < -0.39 is 0 Å². The monoisotopic (exact) mass is 272 g/mol. The molecule has 0 aromatic heterocycles. The van der Waals surface area contributed by atoms with Crippen LogP contribution in [0.3, 0.4) is 0 Å². The summed E-state index contributed by atoms with van der Waals surface area (Å²) in [4.78, 5) is 10.3. The van der Waals surface area contributed by atoms with Gasteiger partial charge in [0.25, 0.3) is 0 Å². The highest BCUT2D eigenvalue weighted by Gasteiger charge is 2.10. The molecule has 0 aliphatic heterocycles. The lowest BCUT2D eigenvalue weighted by Crippen LogP contribution is -2.14. The summed E-state index contributed by atoms with van der Waals surface area (Å²) in [5.74, 6) is 0.0828. The molecule has 0 heterocycles. The SMILES string of the molecule is CC(=O)OC(Br)C(C)C.c1ccccc1. The van der Waals surface area contributed by atoms with Gasteiger partial charge in [0.15, 0.2) is 5.01 Å². The normalized spacial score (nSPS) is 11.3. The molecule has 0 radical (unpaired) electrons. The number of hydrogen-bond acceptors (Lipinski definition) is 2. The van der Waals surface area contributed by atoms with Gasteiger partial charge in [0.05, 0.1) is 0 Å². The third-order valence-corrected chi connectivity index (χ3v) is 2.71. The zero-order valence-corrected chi connectivity index (χ0v) is 10.9. The van der Waals surface area contributed by atoms with Gasteiger partial charge in [-0.3, -0.25) is 4.79 Å². The predicted octanol–water partition coefficient (Wildman–Crippen LogP) is 3.61. The lowest BCUT2D eigenvalue weighted by molar-refractivity contribution is -0.143. The largest absolute Gasteiger partial charge is 0.451 e. The van der Waals surface area contributed by atoms with Crippen molar-refractivity contribution in [3.63, 3.8) is 0 Å². The first-order chi connectivity index (χ1) is 7.04. The Labute approximate surface area is 99.8 Å². The van der Waals surface area contributed by atoms with Crippen LogP contribution < -0.4 is 0 Å². The summed E-state index contributed by atoms with van der Waals surface area (Å²) in [5, 5.41) is -0.144. The van der Waals surface area contributed by atoms with Gasteiger partial charge in [-0.1, -0.05) is 50.2 Å². The number of ether oxygens (including phenoxy) is 1. The minimum Gasteiger partial charge on any atom is -0.451 e. The Morgan fingerprint density at radius 2 is 1.40 bits per heavy atom. The molecular formula is C12H17BrO2. The lowest BCUT2D eigenvalue weighted by atomic mass is 10.2. The minimum atomic E-state index is -0.245. The second-order valence-corrected chi connectivity index (χ2v) is 4.26. The minimum absolute atomic E-state index is 0.144. The molecule has 0 aliphatic carbocycles. The molecule has 0 bridgehead atoms. The second-order valence-electron chi connectivity index (χ2n) is 3.36. The van der Waals surface area contributed by atoms with Crippen LogP contribution in [0, 0.1) is 5.92 Å². The van der Waals surface area contributed by atoms with E-state index in [1.165, 1.54) is 6.92 Å². The lowest BCUT2D eigenvalue weighted by Gasteiger charge is -2.12. The van der Waals surface area contributed by atoms with Crippen molar-refractivity contribution in [2.75, 3.05) is 0 Å². The summed E-state index contributed by atoms with van der Waals surface area (Å²) in [5.41, 5.74) is 0. The zero-order chi connectivity index (χ0) is 11.7. The van der Waals surface area contributed by atoms with Crippen molar-refractivity contribution in [3.8, 4) is 0 Å². The van der Waals surface area contributed by atoms with Crippen molar-refractivity contribution >= 4 is 21.9 Å². The zero-order valence-electron chi connectivity index (χ0n) is 9.31. The number of hydrogen-bond donors (Lipinski definition) is 0. The summed E-state index contributed by atoms with van der Waals surface area (Å²) in [6, 6.07) is 12.0. The van der Waals surface area contributed by atoms with Gasteiger partial charge >= 0.3 is 5.97 Å². The summed E-state index contributed by atoms with van der Waals surface area (Å²) >= 11 is 3.20. The molecular weight excluding hydrogens is 256 g/mol. The highest BCUT2D eigenvalue weighted by molar-refractivity contribution is 9.09. The van der Waals surface area contributed by atoms with E-state index in [1.807, 2.05) is 50.2 Å². The molecule has 1 aromatic rings. The predicted molar refractivity (Wildman–Crippen MR) is 65.8 cm³/mol. The number of esters is 1. The maximum atomic E-state index is 10.3. The van der Waals surface area contributed by atoms with Gasteiger partial charge in [-0.2, -0.15) is 0 Å². The van der Waals surface area contributed by atoms with Crippen LogP contribution in [0.25, 0.3) is 0 Å². The van der Waals surface area contributed by atoms with Gasteiger partial charge in [0.1, 0.15) is 0 Å². The Morgan fingerprint density at radius 3 is 1.53 bits per heavy atom. The summed E-state index contributed by atoms with van der Waals surface area (Å²) in [6.45, 7) is 5.35. The Balaban J connectivity index is 0.000000280. The van der Waals surface area contributed by atoms with E-state index in [9.17, 15) is 4.79 Å². The Morgan fingerprint density at radius 1 is 1.07 bits per heavy atom. The van der Waals surface area contributed by atoms with Crippen LogP contribution in [0.4, 0.5) is 0 Å². The average molecular weight is 273 g/mol. The molecule has 0 saturated heterocycles. The second kappa shape index (κ2) is 8.48. The molecule has 1 atom stereocenters. The average Bonchev–Trinajstić information content (AvgIpc) is 2.20. The van der Waals surface area contributed by atoms with E-state index in [0.29, 0.717) is 5.92 Å². The van der Waals surface area contributed by atoms with E-state index >= 15 is 0 Å². The highest BCUT2D eigenvalue weighted by Crippen LogP contribution is 2.12. The summed E-state index contributed by atoms with van der Waals surface area (Å²) in [7, 11) is 0. The molecule has 3 heteroatoms. The Kier molecular flexibility index (Phi) is 8.01. The van der Waals surface area contributed by atoms with E-state index in [2.05, 4.69) is 15.9 Å². The molecule has 1 rings (SSSR count). The first-order valence-corrected chi connectivity index (χ1v) is 5.77. The van der Waals surface area contributed by atoms with Gasteiger partial charge in [-0.25, -0.2) is 0 Å². The number of halogens is 1. The smallest absolute Gasteiger partial charge is 0.303 e. The quantitative estimate of drug-likeness (QED) is 0.607. The molecule has 1 unspecified atom stereocenters. The van der Waals surface area contributed by atoms with Gasteiger partial charge in [0.2, 0.25) is 0 Å². The molecule has 0 spiro atoms. The number of carbonyl (C=O) groups excluding carboxylic acids is 1. The number of alkyl halides is 1. The Bertz CT molecular complexity index is 233. The highest BCUT2D eigenvalue weighted by atomic mass is 79.9. The first-order valence-electron chi connectivity index (χ1n) is 4.85. The van der Waals surface area contributed by atoms with E-state index in [0.717, 1.165) is 0 Å². The van der Waals surface area contributed by atoms with E-state index in [4.69, 9.17) is 4.74 Å². The molecule has 1 aromatic carbocycles. The third-order valence-electron chi connectivity index (χ3n) is 1.47. The Hall–Kier alpha value is -0.830. The van der Waals surface area contributed by atoms with Crippen LogP contribution in [0.5, 0.6) is 0 Å². The molecule has 0 aliphatic rings. The van der Waals surface area contributed by atoms with Crippen LogP contribution in [0.1, 0.15) is 20.8 Å². The number of benzene rings is 1. The maximum absolute atomic E-state index is 10.3. The molecule has 0 saturated carbocycles. The standard InChI is InChI=1S/C6H11BrO2.C6H6/c1-4(2)6(7)9-5(3)8;1-2-4-6-5-3-1/h4,6H,1-3H3;1-6H. The number of rotatable bonds is 2. The first kappa shape index (κ1) is 14.2. The van der Waals surface area contributed by atoms with E-state index in [-0.39, 0.29) is 11.0 Å². The summed E-state index contributed by atoms with van der Waals surface area (Å²) in [6.07, 6.45) is 0. The topological polar surface area (TPSA) is 26.3 Å². The molecule has 0 amide bonds. The van der Waals surface area contributed by atoms with Crippen LogP contribution in [-0.2, 0) is 9.53 Å². The van der Waals surface area contributed by atoms with Crippen molar-refractivity contribution < 1.29 is 9.53 Å². The van der Waals surface area contributed by atoms with Crippen molar-refractivity contribution in [3.05, 3.63) is 36.4 Å². The van der Waals surface area contributed by atoms with Crippen molar-refractivity contribution in [1.82, 2.24) is 0 Å². The molecule has 15 heavy (non-hydrogen) atoms. The van der Waals surface area contributed by atoms with Crippen molar-refractivity contribution in [2.24, 2.45) is 5.92 Å². The van der Waals surface area contributed by atoms with Gasteiger partial charge in [-0.15, -0.1) is 0 Å². The fourth-order valence-electron chi connectivity index (χ4n) is 0.680. The third kappa shape index (κ3) is 9.47. The van der Waals surface area contributed by atoms with Gasteiger partial charge in [-0.05, 0) is 15.9 Å². The number of carbonyl (C=O) groups is 1. The van der Waals surface area contributed by atoms with Crippen molar-refractivity contribution in [2.45, 2.75) is 25.8 Å². The fraction of sp³-hybridized carbons (Fsp3) is 0.417. The van der Waals surface area contributed by atoms with Crippen LogP contribution in [-0.4, -0.2) is 11.0 Å². The van der Waals surface area contributed by atoms with Crippen LogP contribution in [0.2, 0.25) is 0 Å². The fourth-order valence-corrected chi connectivity index (χ4v) is 0.943. The molecule has 84 valence electrons. The summed E-state index contributed by atoms with van der Waals surface area (Å²) < 4.78 is 4.79. The van der Waals surface area contributed by atoms with Crippen LogP contribution in [0.15, 0.2) is 36.4 Å². The van der Waals surface area contributed by atoms with Crippen LogP contribution >= 0.6 is 15.9 Å². The molecule has 2 nitrogen and oxygen atoms in total. The molecule has 0 N–H and O–H groups in total. The van der Waals surface area contributed by atoms with E-state index in [1.54, 1.807) is 0 Å². The van der Waals surface area contributed by atoms with Gasteiger partial charge in [0, 0.05) is 12.8 Å². The van der Waals surface area contributed by atoms with Gasteiger partial charge < -0.3 is 4.74 Å². The molecule has 0 fully saturated rings. The van der Waals surface area contributed by atoms with Crippen molar-refractivity contribution in [1.29, 1.82) is 0 Å². The maximum Gasteiger partial charge on any atom is 0.303 e.